The average Bonchev–Trinajstić information content (AvgIpc) is 1.98. The number of carbonyl (C=O) groups excluding carboxylic acids is 1. The molecule has 0 radical (unpaired) electrons. The third-order valence-corrected chi connectivity index (χ3v) is 2.52. The van der Waals surface area contributed by atoms with Crippen LogP contribution in [0.3, 0.4) is 0 Å². The summed E-state index contributed by atoms with van der Waals surface area (Å²) in [7, 11) is 3.53. The summed E-state index contributed by atoms with van der Waals surface area (Å²) < 4.78 is 5.04. The number of hydrogen-bond acceptors (Lipinski definition) is 5. The number of ether oxygens (including phenoxy) is 1. The predicted molar refractivity (Wildman–Crippen MR) is 49.7 cm³/mol. The summed E-state index contributed by atoms with van der Waals surface area (Å²) >= 11 is 0. The molecule has 1 aliphatic heterocycles. The van der Waals surface area contributed by atoms with Gasteiger partial charge in [0.25, 0.3) is 0 Å². The Morgan fingerprint density at radius 3 is 2.29 bits per heavy atom. The van der Waals surface area contributed by atoms with Crippen LogP contribution < -0.4 is 0 Å². The molecule has 0 aromatic rings. The second kappa shape index (κ2) is 3.49. The van der Waals surface area contributed by atoms with E-state index in [4.69, 9.17) is 4.74 Å². The maximum Gasteiger partial charge on any atom is 0.338 e. The molecule has 3 atom stereocenters. The molecule has 1 rings (SSSR count). The number of likely N-dealkylation sites (N-methyl/N-ethyl adjacent to an activating group) is 1. The van der Waals surface area contributed by atoms with E-state index in [9.17, 15) is 15.0 Å². The standard InChI is InChI=1S/C9H17NO4/c1-9(2)7(10(3)4)5(11)6(12)8(13)14-9/h5-7,11-12H,1-4H3/t5-,6+,7-/m0/s1. The van der Waals surface area contributed by atoms with Gasteiger partial charge in [-0.05, 0) is 27.9 Å². The van der Waals surface area contributed by atoms with Crippen LogP contribution in [-0.4, -0.2) is 59.0 Å². The fourth-order valence-electron chi connectivity index (χ4n) is 2.03. The second-order valence-corrected chi connectivity index (χ2v) is 4.37. The molecule has 0 aliphatic carbocycles. The molecule has 14 heavy (non-hydrogen) atoms. The van der Waals surface area contributed by atoms with E-state index in [1.807, 2.05) is 0 Å². The van der Waals surface area contributed by atoms with Crippen LogP contribution >= 0.6 is 0 Å². The number of aliphatic hydroxyl groups excluding tert-OH is 2. The fraction of sp³-hybridized carbons (Fsp3) is 0.889. The second-order valence-electron chi connectivity index (χ2n) is 4.37. The summed E-state index contributed by atoms with van der Waals surface area (Å²) in [4.78, 5) is 12.9. The molecule has 0 aromatic heterocycles. The van der Waals surface area contributed by atoms with Gasteiger partial charge in [0.15, 0.2) is 6.10 Å². The number of rotatable bonds is 1. The number of cyclic esters (lactones) is 1. The molecular weight excluding hydrogens is 186 g/mol. The van der Waals surface area contributed by atoms with E-state index < -0.39 is 29.8 Å². The summed E-state index contributed by atoms with van der Waals surface area (Å²) in [6, 6.07) is -0.407. The molecule has 82 valence electrons. The van der Waals surface area contributed by atoms with Crippen LogP contribution in [0.25, 0.3) is 0 Å². The van der Waals surface area contributed by atoms with Gasteiger partial charge >= 0.3 is 5.97 Å². The highest BCUT2D eigenvalue weighted by molar-refractivity contribution is 5.77. The number of hydrogen-bond donors (Lipinski definition) is 2. The molecule has 0 spiro atoms. The summed E-state index contributed by atoms with van der Waals surface area (Å²) in [6.45, 7) is 3.43. The molecule has 0 saturated carbocycles. The van der Waals surface area contributed by atoms with E-state index in [1.165, 1.54) is 0 Å². The lowest BCUT2D eigenvalue weighted by Gasteiger charge is -2.45. The monoisotopic (exact) mass is 203 g/mol. The van der Waals surface area contributed by atoms with Gasteiger partial charge in [-0.2, -0.15) is 0 Å². The number of aliphatic hydroxyl groups is 2. The van der Waals surface area contributed by atoms with E-state index in [2.05, 4.69) is 0 Å². The zero-order chi connectivity index (χ0) is 11.1. The summed E-state index contributed by atoms with van der Waals surface area (Å²) in [5, 5.41) is 19.1. The van der Waals surface area contributed by atoms with E-state index in [0.717, 1.165) is 0 Å². The van der Waals surface area contributed by atoms with Crippen molar-refractivity contribution in [2.45, 2.75) is 37.7 Å². The normalized spacial score (nSPS) is 37.1. The number of nitrogens with zero attached hydrogens (tertiary/aromatic N) is 1. The summed E-state index contributed by atoms with van der Waals surface area (Å²) in [5.41, 5.74) is -0.792. The van der Waals surface area contributed by atoms with Crippen molar-refractivity contribution < 1.29 is 19.7 Å². The first-order chi connectivity index (χ1) is 6.27. The first kappa shape index (κ1) is 11.4. The van der Waals surface area contributed by atoms with Crippen molar-refractivity contribution in [3.63, 3.8) is 0 Å². The zero-order valence-corrected chi connectivity index (χ0v) is 8.89. The maximum absolute atomic E-state index is 11.1. The van der Waals surface area contributed by atoms with Crippen LogP contribution in [0.1, 0.15) is 13.8 Å². The molecule has 1 saturated heterocycles. The fourth-order valence-corrected chi connectivity index (χ4v) is 2.03. The zero-order valence-electron chi connectivity index (χ0n) is 8.89. The van der Waals surface area contributed by atoms with E-state index in [0.29, 0.717) is 0 Å². The minimum Gasteiger partial charge on any atom is -0.456 e. The first-order valence-corrected chi connectivity index (χ1v) is 4.53. The molecule has 0 amide bonds. The highest BCUT2D eigenvalue weighted by Crippen LogP contribution is 2.28. The number of carbonyl (C=O) groups is 1. The van der Waals surface area contributed by atoms with Gasteiger partial charge in [-0.1, -0.05) is 0 Å². The van der Waals surface area contributed by atoms with Gasteiger partial charge in [0.1, 0.15) is 11.7 Å². The molecule has 1 fully saturated rings. The Kier molecular flexibility index (Phi) is 2.85. The van der Waals surface area contributed by atoms with Gasteiger partial charge in [0.05, 0.1) is 6.04 Å². The maximum atomic E-state index is 11.1. The van der Waals surface area contributed by atoms with Gasteiger partial charge in [-0.25, -0.2) is 4.79 Å². The predicted octanol–water partition coefficient (Wildman–Crippen LogP) is -1.03. The van der Waals surface area contributed by atoms with Crippen LogP contribution in [0, 0.1) is 0 Å². The number of esters is 1. The minimum absolute atomic E-state index is 0.407. The topological polar surface area (TPSA) is 70.0 Å². The van der Waals surface area contributed by atoms with Crippen LogP contribution in [0.15, 0.2) is 0 Å². The lowest BCUT2D eigenvalue weighted by Crippen LogP contribution is -2.65. The van der Waals surface area contributed by atoms with Crippen molar-refractivity contribution in [1.82, 2.24) is 4.90 Å². The Hall–Kier alpha value is -0.650. The SMILES string of the molecule is CN(C)[C@H]1[C@@H](O)[C@@H](O)C(=O)OC1(C)C. The summed E-state index contributed by atoms with van der Waals surface area (Å²) in [6.07, 6.45) is -2.56. The van der Waals surface area contributed by atoms with Crippen molar-refractivity contribution in [2.75, 3.05) is 14.1 Å². The van der Waals surface area contributed by atoms with Gasteiger partial charge in [0, 0.05) is 0 Å². The van der Waals surface area contributed by atoms with Crippen molar-refractivity contribution in [3.05, 3.63) is 0 Å². The van der Waals surface area contributed by atoms with Gasteiger partial charge in [0.2, 0.25) is 0 Å². The van der Waals surface area contributed by atoms with Gasteiger partial charge in [-0.15, -0.1) is 0 Å². The largest absolute Gasteiger partial charge is 0.456 e. The third kappa shape index (κ3) is 1.75. The molecule has 0 aromatic carbocycles. The van der Waals surface area contributed by atoms with Crippen molar-refractivity contribution >= 4 is 5.97 Å². The molecule has 5 heteroatoms. The molecule has 0 bridgehead atoms. The quantitative estimate of drug-likeness (QED) is 0.533. The van der Waals surface area contributed by atoms with Crippen molar-refractivity contribution in [1.29, 1.82) is 0 Å². The lowest BCUT2D eigenvalue weighted by atomic mass is 9.87. The Balaban J connectivity index is 2.96. The highest BCUT2D eigenvalue weighted by Gasteiger charge is 2.50. The molecule has 2 N–H and O–H groups in total. The Morgan fingerprint density at radius 2 is 1.86 bits per heavy atom. The third-order valence-electron chi connectivity index (χ3n) is 2.52. The van der Waals surface area contributed by atoms with Gasteiger partial charge in [-0.3, -0.25) is 0 Å². The molecule has 0 unspecified atom stereocenters. The molecule has 5 nitrogen and oxygen atoms in total. The average molecular weight is 203 g/mol. The molecule has 1 heterocycles. The Labute approximate surface area is 83.3 Å². The molecular formula is C9H17NO4. The summed E-state index contributed by atoms with van der Waals surface area (Å²) in [5.74, 6) is -0.763. The van der Waals surface area contributed by atoms with E-state index >= 15 is 0 Å². The van der Waals surface area contributed by atoms with Crippen LogP contribution in [-0.2, 0) is 9.53 Å². The Bertz CT molecular complexity index is 239. The van der Waals surface area contributed by atoms with Crippen LogP contribution in [0.2, 0.25) is 0 Å². The van der Waals surface area contributed by atoms with Crippen molar-refractivity contribution in [3.8, 4) is 0 Å². The smallest absolute Gasteiger partial charge is 0.338 e. The van der Waals surface area contributed by atoms with Crippen molar-refractivity contribution in [2.24, 2.45) is 0 Å². The Morgan fingerprint density at radius 1 is 1.36 bits per heavy atom. The van der Waals surface area contributed by atoms with Crippen LogP contribution in [0.4, 0.5) is 0 Å². The van der Waals surface area contributed by atoms with Gasteiger partial charge < -0.3 is 19.8 Å². The van der Waals surface area contributed by atoms with E-state index in [1.54, 1.807) is 32.8 Å². The minimum atomic E-state index is -1.45. The first-order valence-electron chi connectivity index (χ1n) is 4.53. The van der Waals surface area contributed by atoms with E-state index in [-0.39, 0.29) is 0 Å². The lowest BCUT2D eigenvalue weighted by molar-refractivity contribution is -0.208. The molecule has 1 aliphatic rings. The highest BCUT2D eigenvalue weighted by atomic mass is 16.6. The van der Waals surface area contributed by atoms with Crippen LogP contribution in [0.5, 0.6) is 0 Å².